The summed E-state index contributed by atoms with van der Waals surface area (Å²) in [6.07, 6.45) is 1.37. The number of aryl methyl sites for hydroxylation is 1. The summed E-state index contributed by atoms with van der Waals surface area (Å²) in [5.41, 5.74) is 0.933. The van der Waals surface area contributed by atoms with E-state index in [0.717, 1.165) is 10.4 Å². The van der Waals surface area contributed by atoms with Crippen molar-refractivity contribution in [1.82, 2.24) is 9.21 Å². The van der Waals surface area contributed by atoms with Crippen LogP contribution in [0.3, 0.4) is 0 Å². The number of nitrogens with zero attached hydrogens (tertiary/aromatic N) is 2. The van der Waals surface area contributed by atoms with Gasteiger partial charge in [-0.25, -0.2) is 8.42 Å². The van der Waals surface area contributed by atoms with Gasteiger partial charge in [0.1, 0.15) is 4.21 Å². The first-order valence-electron chi connectivity index (χ1n) is 10.4. The van der Waals surface area contributed by atoms with Crippen molar-refractivity contribution in [2.24, 2.45) is 5.92 Å². The molecule has 0 saturated carbocycles. The van der Waals surface area contributed by atoms with Crippen molar-refractivity contribution in [3.63, 3.8) is 0 Å². The maximum atomic E-state index is 13.3. The van der Waals surface area contributed by atoms with Crippen molar-refractivity contribution in [3.05, 3.63) is 40.8 Å². The Morgan fingerprint density at radius 1 is 1.19 bits per heavy atom. The van der Waals surface area contributed by atoms with Crippen LogP contribution >= 0.6 is 11.3 Å². The van der Waals surface area contributed by atoms with Gasteiger partial charge in [0.05, 0.1) is 20.1 Å². The van der Waals surface area contributed by atoms with Gasteiger partial charge in [-0.3, -0.25) is 4.79 Å². The molecule has 1 saturated heterocycles. The second-order valence-corrected chi connectivity index (χ2v) is 11.1. The zero-order valence-corrected chi connectivity index (χ0v) is 20.1. The number of carbonyl (C=O) groups is 1. The van der Waals surface area contributed by atoms with Gasteiger partial charge in [-0.1, -0.05) is 6.07 Å². The number of thiophene rings is 1. The van der Waals surface area contributed by atoms with Crippen molar-refractivity contribution in [2.45, 2.75) is 37.4 Å². The normalized spacial score (nSPS) is 17.4. The maximum Gasteiger partial charge on any atom is 0.252 e. The van der Waals surface area contributed by atoms with E-state index in [9.17, 15) is 13.2 Å². The van der Waals surface area contributed by atoms with Crippen LogP contribution in [-0.2, 0) is 21.4 Å². The zero-order valence-electron chi connectivity index (χ0n) is 18.5. The molecule has 7 nitrogen and oxygen atoms in total. The Hall–Kier alpha value is -2.10. The van der Waals surface area contributed by atoms with Crippen molar-refractivity contribution in [3.8, 4) is 11.5 Å². The van der Waals surface area contributed by atoms with Crippen LogP contribution < -0.4 is 9.47 Å². The van der Waals surface area contributed by atoms with Gasteiger partial charge in [0.15, 0.2) is 11.5 Å². The van der Waals surface area contributed by atoms with E-state index in [4.69, 9.17) is 9.47 Å². The molecule has 0 N–H and O–H groups in total. The van der Waals surface area contributed by atoms with Gasteiger partial charge < -0.3 is 14.4 Å². The summed E-state index contributed by atoms with van der Waals surface area (Å²) in [6, 6.07) is 9.06. The zero-order chi connectivity index (χ0) is 22.6. The lowest BCUT2D eigenvalue weighted by molar-refractivity contribution is -0.137. The number of ether oxygens (including phenoxy) is 2. The molecule has 1 atom stereocenters. The number of piperidine rings is 1. The molecule has 3 rings (SSSR count). The van der Waals surface area contributed by atoms with E-state index in [1.54, 1.807) is 25.2 Å². The van der Waals surface area contributed by atoms with E-state index >= 15 is 0 Å². The Labute approximate surface area is 188 Å². The Bertz CT molecular complexity index is 1020. The lowest BCUT2D eigenvalue weighted by Gasteiger charge is -2.34. The second kappa shape index (κ2) is 10.0. The number of methoxy groups -OCH3 is 2. The highest BCUT2D eigenvalue weighted by atomic mass is 32.2. The Kier molecular flexibility index (Phi) is 7.61. The van der Waals surface area contributed by atoms with Gasteiger partial charge in [0.25, 0.3) is 10.0 Å². The smallest absolute Gasteiger partial charge is 0.252 e. The summed E-state index contributed by atoms with van der Waals surface area (Å²) in [4.78, 5) is 16.0. The highest BCUT2D eigenvalue weighted by molar-refractivity contribution is 7.91. The molecule has 1 aliphatic heterocycles. The summed E-state index contributed by atoms with van der Waals surface area (Å²) in [7, 11) is -0.402. The molecule has 170 valence electrons. The van der Waals surface area contributed by atoms with Crippen LogP contribution in [0.15, 0.2) is 34.5 Å². The fourth-order valence-electron chi connectivity index (χ4n) is 3.84. The number of hydrogen-bond acceptors (Lipinski definition) is 6. The molecule has 2 heterocycles. The van der Waals surface area contributed by atoms with Gasteiger partial charge in [-0.15, -0.1) is 11.3 Å². The fourth-order valence-corrected chi connectivity index (χ4v) is 6.80. The molecule has 0 spiro atoms. The molecule has 0 radical (unpaired) electrons. The molecule has 1 fully saturated rings. The van der Waals surface area contributed by atoms with Crippen molar-refractivity contribution in [2.75, 3.05) is 33.9 Å². The quantitative estimate of drug-likeness (QED) is 0.595. The van der Waals surface area contributed by atoms with E-state index in [2.05, 4.69) is 0 Å². The molecule has 0 aliphatic carbocycles. The van der Waals surface area contributed by atoms with E-state index in [1.165, 1.54) is 15.6 Å². The van der Waals surface area contributed by atoms with Crippen LogP contribution in [0.4, 0.5) is 0 Å². The Morgan fingerprint density at radius 3 is 2.55 bits per heavy atom. The minimum absolute atomic E-state index is 0.0143. The van der Waals surface area contributed by atoms with Crippen molar-refractivity contribution >= 4 is 27.3 Å². The third-order valence-electron chi connectivity index (χ3n) is 5.56. The monoisotopic (exact) mass is 466 g/mol. The van der Waals surface area contributed by atoms with E-state index < -0.39 is 10.0 Å². The lowest BCUT2D eigenvalue weighted by atomic mass is 9.97. The lowest BCUT2D eigenvalue weighted by Crippen LogP contribution is -2.46. The molecule has 31 heavy (non-hydrogen) atoms. The minimum atomic E-state index is -3.56. The fraction of sp³-hybridized carbons (Fsp3) is 0.500. The highest BCUT2D eigenvalue weighted by Crippen LogP contribution is 2.30. The van der Waals surface area contributed by atoms with Crippen LogP contribution in [0.25, 0.3) is 0 Å². The van der Waals surface area contributed by atoms with Crippen LogP contribution in [0.5, 0.6) is 11.5 Å². The van der Waals surface area contributed by atoms with Crippen molar-refractivity contribution in [1.29, 1.82) is 0 Å². The van der Waals surface area contributed by atoms with Crippen LogP contribution in [0.2, 0.25) is 0 Å². The number of sulfonamides is 1. The average Bonchev–Trinajstić information content (AvgIpc) is 3.24. The number of hydrogen-bond donors (Lipinski definition) is 0. The highest BCUT2D eigenvalue weighted by Gasteiger charge is 2.35. The number of benzene rings is 1. The van der Waals surface area contributed by atoms with Crippen LogP contribution in [0, 0.1) is 12.8 Å². The van der Waals surface area contributed by atoms with Gasteiger partial charge in [-0.05, 0) is 56.5 Å². The SMILES string of the molecule is CCN(Cc1ccc(OC)c(OC)c1)C(=O)C1CCCN(S(=O)(=O)c2ccc(C)s2)C1. The van der Waals surface area contributed by atoms with E-state index in [0.29, 0.717) is 48.2 Å². The predicted octanol–water partition coefficient (Wildman–Crippen LogP) is 3.52. The second-order valence-electron chi connectivity index (χ2n) is 7.61. The molecule has 0 bridgehead atoms. The molecule has 2 aromatic rings. The summed E-state index contributed by atoms with van der Waals surface area (Å²) in [5.74, 6) is 0.895. The van der Waals surface area contributed by atoms with Gasteiger partial charge in [0.2, 0.25) is 5.91 Å². The van der Waals surface area contributed by atoms with Gasteiger partial charge in [-0.2, -0.15) is 4.31 Å². The first kappa shape index (κ1) is 23.6. The molecule has 1 aromatic carbocycles. The number of carbonyl (C=O) groups excluding carboxylic acids is 1. The maximum absolute atomic E-state index is 13.3. The third-order valence-corrected chi connectivity index (χ3v) is 8.89. The molecule has 1 aliphatic rings. The number of amides is 1. The molecule has 1 amide bonds. The summed E-state index contributed by atoms with van der Waals surface area (Å²) >= 11 is 1.27. The first-order valence-corrected chi connectivity index (χ1v) is 12.6. The topological polar surface area (TPSA) is 76.2 Å². The van der Waals surface area contributed by atoms with Gasteiger partial charge in [0, 0.05) is 31.1 Å². The Morgan fingerprint density at radius 2 is 1.94 bits per heavy atom. The Balaban J connectivity index is 1.73. The summed E-state index contributed by atoms with van der Waals surface area (Å²) in [5, 5.41) is 0. The largest absolute Gasteiger partial charge is 0.493 e. The van der Waals surface area contributed by atoms with Gasteiger partial charge >= 0.3 is 0 Å². The van der Waals surface area contributed by atoms with Crippen LogP contribution in [0.1, 0.15) is 30.2 Å². The van der Waals surface area contributed by atoms with Crippen LogP contribution in [-0.4, -0.2) is 57.4 Å². The van der Waals surface area contributed by atoms with E-state index in [1.807, 2.05) is 38.1 Å². The van der Waals surface area contributed by atoms with Crippen molar-refractivity contribution < 1.29 is 22.7 Å². The molecule has 9 heteroatoms. The van der Waals surface area contributed by atoms with E-state index in [-0.39, 0.29) is 18.4 Å². The third kappa shape index (κ3) is 5.22. The molecule has 1 aromatic heterocycles. The minimum Gasteiger partial charge on any atom is -0.493 e. The molecular weight excluding hydrogens is 436 g/mol. The molecule has 1 unspecified atom stereocenters. The number of rotatable bonds is 8. The summed E-state index contributed by atoms with van der Waals surface area (Å²) < 4.78 is 38.5. The first-order chi connectivity index (χ1) is 14.8. The average molecular weight is 467 g/mol. The predicted molar refractivity (Wildman–Crippen MR) is 121 cm³/mol. The standard InChI is InChI=1S/C22H30N2O5S2/c1-5-23(14-17-9-10-19(28-3)20(13-17)29-4)22(25)18-7-6-12-24(15-18)31(26,27)21-11-8-16(2)30-21/h8-11,13,18H,5-7,12,14-15H2,1-4H3. The molecular formula is C22H30N2O5S2. The summed E-state index contributed by atoms with van der Waals surface area (Å²) in [6.45, 7) is 5.47.